The van der Waals surface area contributed by atoms with Crippen LogP contribution >= 0.6 is 0 Å². The van der Waals surface area contributed by atoms with E-state index in [0.29, 0.717) is 6.42 Å². The highest BCUT2D eigenvalue weighted by Crippen LogP contribution is 2.27. The molecule has 0 aromatic heterocycles. The van der Waals surface area contributed by atoms with Crippen LogP contribution in [-0.4, -0.2) is 18.2 Å². The van der Waals surface area contributed by atoms with E-state index in [0.717, 1.165) is 22.4 Å². The van der Waals surface area contributed by atoms with Gasteiger partial charge in [0.05, 0.1) is 24.7 Å². The Balaban J connectivity index is 2.28. The number of hydrogen-bond donors (Lipinski definition) is 1. The van der Waals surface area contributed by atoms with E-state index in [4.69, 9.17) is 9.84 Å². The minimum atomic E-state index is -0.972. The molecule has 0 fully saturated rings. The zero-order valence-electron chi connectivity index (χ0n) is 12.5. The lowest BCUT2D eigenvalue weighted by atomic mass is 9.91. The fourth-order valence-corrected chi connectivity index (χ4v) is 2.38. The van der Waals surface area contributed by atoms with Gasteiger partial charge in [0, 0.05) is 0 Å². The van der Waals surface area contributed by atoms with Crippen LogP contribution in [0.5, 0.6) is 5.75 Å². The fourth-order valence-electron chi connectivity index (χ4n) is 2.38. The Hall–Kier alpha value is -2.80. The maximum atomic E-state index is 10.9. The molecule has 22 heavy (non-hydrogen) atoms. The van der Waals surface area contributed by atoms with E-state index in [2.05, 4.69) is 6.07 Å². The van der Waals surface area contributed by atoms with E-state index in [1.54, 1.807) is 19.2 Å². The number of methoxy groups -OCH3 is 1. The SMILES string of the molecule is COc1ccc(C)cc1CC(C#N)c1ccc(C(=O)O)cc1. The summed E-state index contributed by atoms with van der Waals surface area (Å²) in [5, 5.41) is 18.4. The van der Waals surface area contributed by atoms with Crippen LogP contribution in [0.15, 0.2) is 42.5 Å². The predicted octanol–water partition coefficient (Wildman–Crippen LogP) is 3.55. The van der Waals surface area contributed by atoms with Gasteiger partial charge in [0.25, 0.3) is 0 Å². The van der Waals surface area contributed by atoms with Gasteiger partial charge in [-0.05, 0) is 42.7 Å². The van der Waals surface area contributed by atoms with Gasteiger partial charge in [0.1, 0.15) is 5.75 Å². The summed E-state index contributed by atoms with van der Waals surface area (Å²) in [7, 11) is 1.61. The van der Waals surface area contributed by atoms with E-state index in [-0.39, 0.29) is 11.5 Å². The first-order valence-electron chi connectivity index (χ1n) is 6.91. The number of aryl methyl sites for hydroxylation is 1. The summed E-state index contributed by atoms with van der Waals surface area (Å²) < 4.78 is 5.35. The number of benzene rings is 2. The van der Waals surface area contributed by atoms with Crippen LogP contribution in [0, 0.1) is 18.3 Å². The number of rotatable bonds is 5. The van der Waals surface area contributed by atoms with E-state index in [1.165, 1.54) is 12.1 Å². The summed E-state index contributed by atoms with van der Waals surface area (Å²) in [6.45, 7) is 1.99. The third kappa shape index (κ3) is 3.44. The van der Waals surface area contributed by atoms with E-state index in [9.17, 15) is 10.1 Å². The molecule has 0 aliphatic carbocycles. The lowest BCUT2D eigenvalue weighted by Gasteiger charge is -2.13. The van der Waals surface area contributed by atoms with Crippen molar-refractivity contribution < 1.29 is 14.6 Å². The molecule has 0 spiro atoms. The number of aromatic carboxylic acids is 1. The van der Waals surface area contributed by atoms with Gasteiger partial charge >= 0.3 is 5.97 Å². The van der Waals surface area contributed by atoms with Crippen LogP contribution in [0.3, 0.4) is 0 Å². The zero-order chi connectivity index (χ0) is 16.1. The Labute approximate surface area is 129 Å². The van der Waals surface area contributed by atoms with Gasteiger partial charge in [-0.2, -0.15) is 5.26 Å². The molecule has 0 bridgehead atoms. The topological polar surface area (TPSA) is 70.3 Å². The highest BCUT2D eigenvalue weighted by atomic mass is 16.5. The van der Waals surface area contributed by atoms with Crippen molar-refractivity contribution in [1.29, 1.82) is 5.26 Å². The molecule has 0 heterocycles. The van der Waals surface area contributed by atoms with Crippen molar-refractivity contribution in [3.8, 4) is 11.8 Å². The molecule has 2 aromatic rings. The number of carbonyl (C=O) groups is 1. The number of nitriles is 1. The Bertz CT molecular complexity index is 714. The van der Waals surface area contributed by atoms with E-state index in [1.807, 2.05) is 25.1 Å². The van der Waals surface area contributed by atoms with Crippen LogP contribution in [0.1, 0.15) is 33.0 Å². The second-order valence-corrected chi connectivity index (χ2v) is 5.13. The first-order valence-corrected chi connectivity index (χ1v) is 6.91. The molecule has 1 atom stereocenters. The molecule has 0 radical (unpaired) electrons. The molecule has 1 N–H and O–H groups in total. The molecule has 0 aliphatic rings. The maximum absolute atomic E-state index is 10.9. The third-order valence-corrected chi connectivity index (χ3v) is 3.58. The van der Waals surface area contributed by atoms with Gasteiger partial charge in [0.15, 0.2) is 0 Å². The third-order valence-electron chi connectivity index (χ3n) is 3.58. The van der Waals surface area contributed by atoms with Crippen molar-refractivity contribution in [1.82, 2.24) is 0 Å². The fraction of sp³-hybridized carbons (Fsp3) is 0.222. The number of ether oxygens (including phenoxy) is 1. The number of hydrogen-bond acceptors (Lipinski definition) is 3. The van der Waals surface area contributed by atoms with Gasteiger partial charge in [-0.25, -0.2) is 4.79 Å². The second kappa shape index (κ2) is 6.77. The van der Waals surface area contributed by atoms with Crippen molar-refractivity contribution in [2.24, 2.45) is 0 Å². The number of carboxylic acids is 1. The van der Waals surface area contributed by atoms with E-state index >= 15 is 0 Å². The quantitative estimate of drug-likeness (QED) is 0.915. The standard InChI is InChI=1S/C18H17NO3/c1-12-3-8-17(22-2)15(9-12)10-16(11-19)13-4-6-14(7-5-13)18(20)21/h3-9,16H,10H2,1-2H3,(H,20,21). The average molecular weight is 295 g/mol. The number of carboxylic acid groups (broad SMARTS) is 1. The molecule has 0 aliphatic heterocycles. The molecule has 112 valence electrons. The van der Waals surface area contributed by atoms with Crippen molar-refractivity contribution in [2.75, 3.05) is 7.11 Å². The Morgan fingerprint density at radius 3 is 2.50 bits per heavy atom. The van der Waals surface area contributed by atoms with Crippen LogP contribution < -0.4 is 4.74 Å². The minimum absolute atomic E-state index is 0.216. The highest BCUT2D eigenvalue weighted by molar-refractivity contribution is 5.87. The van der Waals surface area contributed by atoms with Crippen molar-refractivity contribution in [2.45, 2.75) is 19.3 Å². The predicted molar refractivity (Wildman–Crippen MR) is 83.2 cm³/mol. The monoisotopic (exact) mass is 295 g/mol. The molecule has 0 amide bonds. The summed E-state index contributed by atoms with van der Waals surface area (Å²) in [5.74, 6) is -0.563. The molecule has 4 nitrogen and oxygen atoms in total. The first-order chi connectivity index (χ1) is 10.5. The molecule has 2 aromatic carbocycles. The minimum Gasteiger partial charge on any atom is -0.496 e. The normalized spacial score (nSPS) is 11.5. The Morgan fingerprint density at radius 1 is 1.27 bits per heavy atom. The second-order valence-electron chi connectivity index (χ2n) is 5.13. The molecular formula is C18H17NO3. The zero-order valence-corrected chi connectivity index (χ0v) is 12.5. The Morgan fingerprint density at radius 2 is 1.95 bits per heavy atom. The highest BCUT2D eigenvalue weighted by Gasteiger charge is 2.15. The van der Waals surface area contributed by atoms with Gasteiger partial charge in [0.2, 0.25) is 0 Å². The van der Waals surface area contributed by atoms with Crippen molar-refractivity contribution in [3.63, 3.8) is 0 Å². The summed E-state index contributed by atoms with van der Waals surface area (Å²) >= 11 is 0. The van der Waals surface area contributed by atoms with Crippen LogP contribution in [-0.2, 0) is 6.42 Å². The maximum Gasteiger partial charge on any atom is 0.335 e. The number of nitrogens with zero attached hydrogens (tertiary/aromatic N) is 1. The first kappa shape index (κ1) is 15.6. The van der Waals surface area contributed by atoms with E-state index < -0.39 is 5.97 Å². The van der Waals surface area contributed by atoms with Gasteiger partial charge in [-0.15, -0.1) is 0 Å². The molecule has 1 unspecified atom stereocenters. The van der Waals surface area contributed by atoms with Crippen molar-refractivity contribution in [3.05, 3.63) is 64.7 Å². The van der Waals surface area contributed by atoms with Crippen LogP contribution in [0.2, 0.25) is 0 Å². The van der Waals surface area contributed by atoms with Gasteiger partial charge in [-0.3, -0.25) is 0 Å². The smallest absolute Gasteiger partial charge is 0.335 e. The van der Waals surface area contributed by atoms with Gasteiger partial charge < -0.3 is 9.84 Å². The molecule has 0 saturated carbocycles. The average Bonchev–Trinajstić information content (AvgIpc) is 2.53. The molecule has 4 heteroatoms. The Kier molecular flexibility index (Phi) is 4.80. The summed E-state index contributed by atoms with van der Waals surface area (Å²) in [6, 6.07) is 14.6. The molecule has 2 rings (SSSR count). The largest absolute Gasteiger partial charge is 0.496 e. The van der Waals surface area contributed by atoms with Crippen LogP contribution in [0.4, 0.5) is 0 Å². The summed E-state index contributed by atoms with van der Waals surface area (Å²) in [6.07, 6.45) is 0.522. The summed E-state index contributed by atoms with van der Waals surface area (Å²) in [5.41, 5.74) is 3.09. The van der Waals surface area contributed by atoms with Crippen molar-refractivity contribution >= 4 is 5.97 Å². The lowest BCUT2D eigenvalue weighted by molar-refractivity contribution is 0.0697. The lowest BCUT2D eigenvalue weighted by Crippen LogP contribution is -2.04. The van der Waals surface area contributed by atoms with Crippen LogP contribution in [0.25, 0.3) is 0 Å². The molecule has 0 saturated heterocycles. The summed E-state index contributed by atoms with van der Waals surface area (Å²) in [4.78, 5) is 10.9. The van der Waals surface area contributed by atoms with Gasteiger partial charge in [-0.1, -0.05) is 29.8 Å². The molecular weight excluding hydrogens is 278 g/mol.